The van der Waals surface area contributed by atoms with E-state index in [4.69, 9.17) is 0 Å². The molecular weight excluding hydrogens is 240 g/mol. The van der Waals surface area contributed by atoms with Crippen LogP contribution >= 0.6 is 0 Å². The van der Waals surface area contributed by atoms with Crippen LogP contribution in [0.2, 0.25) is 0 Å². The molecule has 1 N–H and O–H groups in total. The molecule has 19 heavy (non-hydrogen) atoms. The molecule has 1 saturated heterocycles. The fourth-order valence-corrected chi connectivity index (χ4v) is 2.39. The first-order valence-electron chi connectivity index (χ1n) is 6.70. The normalized spacial score (nSPS) is 19.2. The Balaban J connectivity index is 1.92. The zero-order valence-electron chi connectivity index (χ0n) is 11.5. The van der Waals surface area contributed by atoms with Crippen molar-refractivity contribution in [3.63, 3.8) is 0 Å². The predicted molar refractivity (Wildman–Crippen MR) is 73.7 cm³/mol. The second-order valence-corrected chi connectivity index (χ2v) is 5.04. The van der Waals surface area contributed by atoms with E-state index in [0.717, 1.165) is 6.42 Å². The lowest BCUT2D eigenvalue weighted by Crippen LogP contribution is -2.55. The van der Waals surface area contributed by atoms with Gasteiger partial charge in [0.15, 0.2) is 0 Å². The summed E-state index contributed by atoms with van der Waals surface area (Å²) in [6.07, 6.45) is 1.19. The van der Waals surface area contributed by atoms with Gasteiger partial charge >= 0.3 is 0 Å². The van der Waals surface area contributed by atoms with Gasteiger partial charge in [-0.15, -0.1) is 0 Å². The van der Waals surface area contributed by atoms with E-state index in [1.807, 2.05) is 25.1 Å². The molecule has 0 radical (unpaired) electrons. The molecule has 1 unspecified atom stereocenters. The molecule has 2 rings (SSSR count). The Morgan fingerprint density at radius 2 is 2.26 bits per heavy atom. The van der Waals surface area contributed by atoms with Gasteiger partial charge in [-0.05, 0) is 25.8 Å². The van der Waals surface area contributed by atoms with E-state index in [1.165, 1.54) is 11.1 Å². The third-order valence-electron chi connectivity index (χ3n) is 3.53. The molecule has 0 saturated carbocycles. The minimum atomic E-state index is -0.348. The SMILES string of the molecule is Cc1cccc(CCC(=O)N2CCNC(=O)C2C)c1. The van der Waals surface area contributed by atoms with Crippen molar-refractivity contribution < 1.29 is 9.59 Å². The van der Waals surface area contributed by atoms with E-state index in [-0.39, 0.29) is 17.9 Å². The minimum absolute atomic E-state index is 0.0591. The summed E-state index contributed by atoms with van der Waals surface area (Å²) in [5.41, 5.74) is 2.37. The Labute approximate surface area is 113 Å². The Bertz CT molecular complexity index is 485. The molecule has 0 bridgehead atoms. The topological polar surface area (TPSA) is 49.4 Å². The summed E-state index contributed by atoms with van der Waals surface area (Å²) in [7, 11) is 0. The molecule has 1 heterocycles. The van der Waals surface area contributed by atoms with Gasteiger partial charge in [0.25, 0.3) is 0 Å². The number of benzene rings is 1. The monoisotopic (exact) mass is 260 g/mol. The number of amides is 2. The van der Waals surface area contributed by atoms with Gasteiger partial charge in [0.1, 0.15) is 6.04 Å². The van der Waals surface area contributed by atoms with Gasteiger partial charge in [-0.3, -0.25) is 9.59 Å². The van der Waals surface area contributed by atoms with Crippen molar-refractivity contribution in [3.8, 4) is 0 Å². The molecule has 4 heteroatoms. The maximum Gasteiger partial charge on any atom is 0.242 e. The highest BCUT2D eigenvalue weighted by Crippen LogP contribution is 2.11. The van der Waals surface area contributed by atoms with Gasteiger partial charge in [0, 0.05) is 19.5 Å². The first-order chi connectivity index (χ1) is 9.08. The Morgan fingerprint density at radius 3 is 3.00 bits per heavy atom. The molecule has 1 aliphatic heterocycles. The molecule has 0 spiro atoms. The van der Waals surface area contributed by atoms with Gasteiger partial charge in [0.2, 0.25) is 11.8 Å². The van der Waals surface area contributed by atoms with Crippen molar-refractivity contribution in [2.24, 2.45) is 0 Å². The van der Waals surface area contributed by atoms with E-state index >= 15 is 0 Å². The highest BCUT2D eigenvalue weighted by Gasteiger charge is 2.28. The second kappa shape index (κ2) is 5.87. The van der Waals surface area contributed by atoms with Crippen LogP contribution < -0.4 is 5.32 Å². The molecule has 1 fully saturated rings. The van der Waals surface area contributed by atoms with Crippen LogP contribution in [0.3, 0.4) is 0 Å². The van der Waals surface area contributed by atoms with Crippen molar-refractivity contribution >= 4 is 11.8 Å². The maximum absolute atomic E-state index is 12.2. The number of hydrogen-bond donors (Lipinski definition) is 1. The highest BCUT2D eigenvalue weighted by molar-refractivity contribution is 5.88. The van der Waals surface area contributed by atoms with Crippen LogP contribution in [-0.2, 0) is 16.0 Å². The van der Waals surface area contributed by atoms with Gasteiger partial charge in [-0.25, -0.2) is 0 Å². The molecular formula is C15H20N2O2. The third-order valence-corrected chi connectivity index (χ3v) is 3.53. The van der Waals surface area contributed by atoms with Crippen LogP contribution in [0.1, 0.15) is 24.5 Å². The largest absolute Gasteiger partial charge is 0.353 e. The van der Waals surface area contributed by atoms with Gasteiger partial charge < -0.3 is 10.2 Å². The van der Waals surface area contributed by atoms with Crippen LogP contribution in [0.25, 0.3) is 0 Å². The molecule has 1 aromatic rings. The van der Waals surface area contributed by atoms with Crippen LogP contribution in [0.15, 0.2) is 24.3 Å². The molecule has 1 atom stereocenters. The standard InChI is InChI=1S/C15H20N2O2/c1-11-4-3-5-13(10-11)6-7-14(18)17-9-8-16-15(19)12(17)2/h3-5,10,12H,6-9H2,1-2H3,(H,16,19). The second-order valence-electron chi connectivity index (χ2n) is 5.04. The predicted octanol–water partition coefficient (Wildman–Crippen LogP) is 1.27. The quantitative estimate of drug-likeness (QED) is 0.890. The lowest BCUT2D eigenvalue weighted by Gasteiger charge is -2.32. The number of nitrogens with zero attached hydrogens (tertiary/aromatic N) is 1. The number of piperazine rings is 1. The molecule has 2 amide bonds. The van der Waals surface area contributed by atoms with Gasteiger partial charge in [-0.1, -0.05) is 29.8 Å². The van der Waals surface area contributed by atoms with Crippen molar-refractivity contribution in [2.75, 3.05) is 13.1 Å². The van der Waals surface area contributed by atoms with Crippen molar-refractivity contribution in [1.29, 1.82) is 0 Å². The highest BCUT2D eigenvalue weighted by atomic mass is 16.2. The Morgan fingerprint density at radius 1 is 1.47 bits per heavy atom. The Hall–Kier alpha value is -1.84. The molecule has 102 valence electrons. The summed E-state index contributed by atoms with van der Waals surface area (Å²) in [4.78, 5) is 25.4. The zero-order chi connectivity index (χ0) is 13.8. The zero-order valence-corrected chi connectivity index (χ0v) is 11.5. The fraction of sp³-hybridized carbons (Fsp3) is 0.467. The van der Waals surface area contributed by atoms with Crippen LogP contribution in [-0.4, -0.2) is 35.8 Å². The molecule has 0 aromatic heterocycles. The number of rotatable bonds is 3. The lowest BCUT2D eigenvalue weighted by molar-refractivity contribution is -0.142. The first kappa shape index (κ1) is 13.6. The van der Waals surface area contributed by atoms with E-state index < -0.39 is 0 Å². The van der Waals surface area contributed by atoms with E-state index in [1.54, 1.807) is 11.8 Å². The van der Waals surface area contributed by atoms with E-state index in [9.17, 15) is 9.59 Å². The summed E-state index contributed by atoms with van der Waals surface area (Å²) in [6, 6.07) is 7.83. The van der Waals surface area contributed by atoms with Gasteiger partial charge in [0.05, 0.1) is 0 Å². The fourth-order valence-electron chi connectivity index (χ4n) is 2.39. The van der Waals surface area contributed by atoms with E-state index in [0.29, 0.717) is 19.5 Å². The average molecular weight is 260 g/mol. The summed E-state index contributed by atoms with van der Waals surface area (Å²) in [5.74, 6) is -0.000915. The molecule has 1 aromatic carbocycles. The average Bonchev–Trinajstić information content (AvgIpc) is 2.39. The number of carbonyl (C=O) groups is 2. The first-order valence-corrected chi connectivity index (χ1v) is 6.70. The van der Waals surface area contributed by atoms with E-state index in [2.05, 4.69) is 11.4 Å². The molecule has 0 aliphatic carbocycles. The van der Waals surface area contributed by atoms with Crippen LogP contribution in [0, 0.1) is 6.92 Å². The smallest absolute Gasteiger partial charge is 0.242 e. The van der Waals surface area contributed by atoms with Crippen molar-refractivity contribution in [2.45, 2.75) is 32.7 Å². The number of aryl methyl sites for hydroxylation is 2. The third kappa shape index (κ3) is 3.34. The number of carbonyl (C=O) groups excluding carboxylic acids is 2. The van der Waals surface area contributed by atoms with Crippen LogP contribution in [0.5, 0.6) is 0 Å². The molecule has 4 nitrogen and oxygen atoms in total. The van der Waals surface area contributed by atoms with Gasteiger partial charge in [-0.2, -0.15) is 0 Å². The Kier molecular flexibility index (Phi) is 4.20. The van der Waals surface area contributed by atoms with Crippen molar-refractivity contribution in [3.05, 3.63) is 35.4 Å². The summed E-state index contributed by atoms with van der Waals surface area (Å²) in [5, 5.41) is 2.77. The minimum Gasteiger partial charge on any atom is -0.353 e. The number of nitrogens with one attached hydrogen (secondary N) is 1. The molecule has 1 aliphatic rings. The maximum atomic E-state index is 12.2. The summed E-state index contributed by atoms with van der Waals surface area (Å²) < 4.78 is 0. The summed E-state index contributed by atoms with van der Waals surface area (Å²) >= 11 is 0. The summed E-state index contributed by atoms with van der Waals surface area (Å²) in [6.45, 7) is 4.99. The number of hydrogen-bond acceptors (Lipinski definition) is 2. The van der Waals surface area contributed by atoms with Crippen molar-refractivity contribution in [1.82, 2.24) is 10.2 Å². The lowest BCUT2D eigenvalue weighted by atomic mass is 10.1. The van der Waals surface area contributed by atoms with Crippen LogP contribution in [0.4, 0.5) is 0 Å².